The second-order valence-electron chi connectivity index (χ2n) is 4.82. The lowest BCUT2D eigenvalue weighted by Crippen LogP contribution is -2.41. The lowest BCUT2D eigenvalue weighted by Gasteiger charge is -2.22. The number of hydrogen-bond donors (Lipinski definition) is 0. The summed E-state index contributed by atoms with van der Waals surface area (Å²) in [5.74, 6) is -0.402. The topological polar surface area (TPSA) is 83.8 Å². The van der Waals surface area contributed by atoms with E-state index in [1.165, 1.54) is 36.2 Å². The van der Waals surface area contributed by atoms with E-state index >= 15 is 0 Å². The van der Waals surface area contributed by atoms with E-state index in [0.717, 1.165) is 4.90 Å². The zero-order chi connectivity index (χ0) is 14.4. The van der Waals surface area contributed by atoms with Crippen molar-refractivity contribution in [1.29, 1.82) is 0 Å². The van der Waals surface area contributed by atoms with Crippen molar-refractivity contribution in [2.45, 2.75) is 19.4 Å². The molecule has 2 rings (SSSR count). The number of nitrogens with zero attached hydrogens (tertiary/aromatic N) is 3. The maximum absolute atomic E-state index is 12.2. The lowest BCUT2D eigenvalue weighted by atomic mass is 10.0. The van der Waals surface area contributed by atoms with Gasteiger partial charge in [0, 0.05) is 19.2 Å². The van der Waals surface area contributed by atoms with Crippen LogP contribution < -0.4 is 4.90 Å². The Bertz CT molecular complexity index is 582. The van der Waals surface area contributed by atoms with Crippen molar-refractivity contribution >= 4 is 23.3 Å². The fourth-order valence-electron chi connectivity index (χ4n) is 1.87. The van der Waals surface area contributed by atoms with Crippen LogP contribution in [0.25, 0.3) is 0 Å². The normalized spacial score (nSPS) is 18.1. The van der Waals surface area contributed by atoms with Crippen molar-refractivity contribution in [2.75, 3.05) is 11.9 Å². The van der Waals surface area contributed by atoms with Crippen LogP contribution in [0.3, 0.4) is 0 Å². The number of hydrogen-bond acceptors (Lipinski definition) is 4. The van der Waals surface area contributed by atoms with E-state index in [9.17, 15) is 19.7 Å². The molecule has 3 amide bonds. The van der Waals surface area contributed by atoms with Crippen LogP contribution in [0.15, 0.2) is 24.3 Å². The van der Waals surface area contributed by atoms with Crippen LogP contribution in [-0.4, -0.2) is 34.3 Å². The second kappa shape index (κ2) is 4.04. The number of likely N-dealkylation sites (N-methyl/N-ethyl adjacent to an activating group) is 1. The standard InChI is InChI=1S/C12H13N3O4/c1-12(2)10(16)14(11(17)13(12)3)8-5-4-6-9(7-8)15(18)19/h4-7H,1-3H3. The molecule has 1 aromatic rings. The monoisotopic (exact) mass is 263 g/mol. The Balaban J connectivity index is 2.48. The van der Waals surface area contributed by atoms with Crippen molar-refractivity contribution in [3.05, 3.63) is 34.4 Å². The summed E-state index contributed by atoms with van der Waals surface area (Å²) in [5, 5.41) is 10.7. The summed E-state index contributed by atoms with van der Waals surface area (Å²) in [5.41, 5.74) is -0.908. The lowest BCUT2D eigenvalue weighted by molar-refractivity contribution is -0.384. The highest BCUT2D eigenvalue weighted by Gasteiger charge is 2.50. The summed E-state index contributed by atoms with van der Waals surface area (Å²) in [6.45, 7) is 3.26. The quantitative estimate of drug-likeness (QED) is 0.462. The van der Waals surface area contributed by atoms with E-state index in [-0.39, 0.29) is 11.4 Å². The Morgan fingerprint density at radius 3 is 2.37 bits per heavy atom. The van der Waals surface area contributed by atoms with Crippen molar-refractivity contribution in [3.63, 3.8) is 0 Å². The van der Waals surface area contributed by atoms with E-state index < -0.39 is 22.4 Å². The largest absolute Gasteiger partial charge is 0.332 e. The number of carbonyl (C=O) groups is 2. The predicted octanol–water partition coefficient (Wildman–Crippen LogP) is 1.77. The molecule has 0 atom stereocenters. The van der Waals surface area contributed by atoms with Gasteiger partial charge in [-0.2, -0.15) is 0 Å². The summed E-state index contributed by atoms with van der Waals surface area (Å²) >= 11 is 0. The third-order valence-electron chi connectivity index (χ3n) is 3.34. The van der Waals surface area contributed by atoms with Gasteiger partial charge in [0.25, 0.3) is 11.6 Å². The molecule has 0 aliphatic carbocycles. The summed E-state index contributed by atoms with van der Waals surface area (Å²) < 4.78 is 0. The number of nitro benzene ring substituents is 1. The van der Waals surface area contributed by atoms with Gasteiger partial charge in [-0.15, -0.1) is 0 Å². The van der Waals surface area contributed by atoms with Crippen LogP contribution in [0.5, 0.6) is 0 Å². The summed E-state index contributed by atoms with van der Waals surface area (Å²) in [4.78, 5) is 36.7. The maximum atomic E-state index is 12.2. The molecule has 100 valence electrons. The molecular weight excluding hydrogens is 250 g/mol. The zero-order valence-electron chi connectivity index (χ0n) is 10.8. The van der Waals surface area contributed by atoms with Gasteiger partial charge in [0.1, 0.15) is 5.54 Å². The number of urea groups is 1. The van der Waals surface area contributed by atoms with Crippen LogP contribution in [0.1, 0.15) is 13.8 Å². The number of benzene rings is 1. The zero-order valence-corrected chi connectivity index (χ0v) is 10.8. The Labute approximate surface area is 109 Å². The highest BCUT2D eigenvalue weighted by molar-refractivity contribution is 6.22. The fourth-order valence-corrected chi connectivity index (χ4v) is 1.87. The van der Waals surface area contributed by atoms with Gasteiger partial charge in [-0.25, -0.2) is 9.69 Å². The Morgan fingerprint density at radius 1 is 1.26 bits per heavy atom. The summed E-state index contributed by atoms with van der Waals surface area (Å²) in [7, 11) is 1.53. The van der Waals surface area contributed by atoms with Crippen LogP contribution in [0.2, 0.25) is 0 Å². The summed E-state index contributed by atoms with van der Waals surface area (Å²) in [6, 6.07) is 4.97. The molecule has 0 unspecified atom stereocenters. The highest BCUT2D eigenvalue weighted by atomic mass is 16.6. The van der Waals surface area contributed by atoms with Gasteiger partial charge in [0.2, 0.25) is 0 Å². The molecule has 7 nitrogen and oxygen atoms in total. The second-order valence-corrected chi connectivity index (χ2v) is 4.82. The number of amides is 3. The number of anilines is 1. The Hall–Kier alpha value is -2.44. The van der Waals surface area contributed by atoms with E-state index in [0.29, 0.717) is 0 Å². The van der Waals surface area contributed by atoms with Gasteiger partial charge in [0.05, 0.1) is 10.6 Å². The van der Waals surface area contributed by atoms with Gasteiger partial charge in [0.15, 0.2) is 0 Å². The number of non-ortho nitro benzene ring substituents is 1. The van der Waals surface area contributed by atoms with Gasteiger partial charge in [-0.3, -0.25) is 14.9 Å². The minimum absolute atomic E-state index is 0.162. The molecule has 1 saturated heterocycles. The Morgan fingerprint density at radius 2 is 1.89 bits per heavy atom. The van der Waals surface area contributed by atoms with Gasteiger partial charge < -0.3 is 4.90 Å². The molecule has 0 radical (unpaired) electrons. The van der Waals surface area contributed by atoms with Gasteiger partial charge in [-0.05, 0) is 19.9 Å². The van der Waals surface area contributed by atoms with E-state index in [4.69, 9.17) is 0 Å². The molecule has 1 fully saturated rings. The van der Waals surface area contributed by atoms with Crippen molar-refractivity contribution in [1.82, 2.24) is 4.90 Å². The molecule has 1 aliphatic heterocycles. The molecule has 1 aliphatic rings. The van der Waals surface area contributed by atoms with E-state index in [2.05, 4.69) is 0 Å². The molecule has 7 heteroatoms. The third-order valence-corrected chi connectivity index (χ3v) is 3.34. The smallest absolute Gasteiger partial charge is 0.313 e. The van der Waals surface area contributed by atoms with Crippen LogP contribution in [-0.2, 0) is 4.79 Å². The van der Waals surface area contributed by atoms with Crippen molar-refractivity contribution in [2.24, 2.45) is 0 Å². The van der Waals surface area contributed by atoms with Crippen LogP contribution in [0.4, 0.5) is 16.2 Å². The first kappa shape index (κ1) is 13.0. The number of rotatable bonds is 2. The predicted molar refractivity (Wildman–Crippen MR) is 67.8 cm³/mol. The molecule has 0 aromatic heterocycles. The van der Waals surface area contributed by atoms with Crippen LogP contribution in [0, 0.1) is 10.1 Å². The summed E-state index contributed by atoms with van der Waals surface area (Å²) in [6.07, 6.45) is 0. The molecule has 0 spiro atoms. The molecule has 1 heterocycles. The number of carbonyl (C=O) groups excluding carboxylic acids is 2. The minimum atomic E-state index is -0.957. The highest BCUT2D eigenvalue weighted by Crippen LogP contribution is 2.31. The minimum Gasteiger partial charge on any atom is -0.313 e. The number of nitro groups is 1. The van der Waals surface area contributed by atoms with Crippen molar-refractivity contribution in [3.8, 4) is 0 Å². The molecule has 0 N–H and O–H groups in total. The molecule has 0 bridgehead atoms. The first-order chi connectivity index (χ1) is 8.76. The first-order valence-corrected chi connectivity index (χ1v) is 5.63. The van der Waals surface area contributed by atoms with Gasteiger partial charge >= 0.3 is 6.03 Å². The first-order valence-electron chi connectivity index (χ1n) is 5.63. The van der Waals surface area contributed by atoms with E-state index in [1.807, 2.05) is 0 Å². The van der Waals surface area contributed by atoms with Crippen molar-refractivity contribution < 1.29 is 14.5 Å². The molecule has 1 aromatic carbocycles. The van der Waals surface area contributed by atoms with Gasteiger partial charge in [-0.1, -0.05) is 6.07 Å². The molecule has 0 saturated carbocycles. The number of imide groups is 1. The maximum Gasteiger partial charge on any atom is 0.332 e. The molecule has 19 heavy (non-hydrogen) atoms. The van der Waals surface area contributed by atoms with Crippen LogP contribution >= 0.6 is 0 Å². The third kappa shape index (κ3) is 1.83. The Kier molecular flexibility index (Phi) is 2.77. The van der Waals surface area contributed by atoms with E-state index in [1.54, 1.807) is 13.8 Å². The average molecular weight is 263 g/mol. The average Bonchev–Trinajstić information content (AvgIpc) is 2.51. The SMILES string of the molecule is CN1C(=O)N(c2cccc([N+](=O)[O-])c2)C(=O)C1(C)C. The fraction of sp³-hybridized carbons (Fsp3) is 0.333. The molecular formula is C12H13N3O4.